The van der Waals surface area contributed by atoms with Crippen molar-refractivity contribution in [1.82, 2.24) is 24.2 Å². The number of nitrogens with zero attached hydrogens (tertiary/aromatic N) is 3. The highest BCUT2D eigenvalue weighted by Crippen LogP contribution is 2.15. The summed E-state index contributed by atoms with van der Waals surface area (Å²) in [6.07, 6.45) is 3.26. The van der Waals surface area contributed by atoms with Crippen LogP contribution < -0.4 is 4.72 Å². The van der Waals surface area contributed by atoms with E-state index in [1.54, 1.807) is 30.9 Å². The van der Waals surface area contributed by atoms with Crippen molar-refractivity contribution in [3.8, 4) is 0 Å². The summed E-state index contributed by atoms with van der Waals surface area (Å²) in [7, 11) is -3.54. The van der Waals surface area contributed by atoms with E-state index < -0.39 is 10.0 Å². The van der Waals surface area contributed by atoms with Gasteiger partial charge in [-0.1, -0.05) is 0 Å². The summed E-state index contributed by atoms with van der Waals surface area (Å²) in [5.74, 6) is 0. The molecule has 2 aromatic heterocycles. The minimum atomic E-state index is -3.54. The van der Waals surface area contributed by atoms with E-state index in [-0.39, 0.29) is 4.90 Å². The quantitative estimate of drug-likeness (QED) is 0.742. The first-order valence-corrected chi connectivity index (χ1v) is 8.37. The number of sulfonamides is 1. The average molecular weight is 319 g/mol. The number of hydrogen-bond acceptors (Lipinski definition) is 4. The fourth-order valence-corrected chi connectivity index (χ4v) is 3.28. The zero-order valence-corrected chi connectivity index (χ0v) is 13.2. The van der Waals surface area contributed by atoms with E-state index in [1.807, 2.05) is 18.4 Å². The first-order valence-electron chi connectivity index (χ1n) is 6.88. The van der Waals surface area contributed by atoms with Gasteiger partial charge in [0.2, 0.25) is 10.0 Å². The molecule has 0 saturated heterocycles. The second kappa shape index (κ2) is 5.54. The molecule has 0 unspecified atom stereocenters. The highest BCUT2D eigenvalue weighted by Gasteiger charge is 2.14. The van der Waals surface area contributed by atoms with Crippen LogP contribution in [0.4, 0.5) is 0 Å². The summed E-state index contributed by atoms with van der Waals surface area (Å²) in [5.41, 5.74) is 3.43. The van der Waals surface area contributed by atoms with Gasteiger partial charge in [0.25, 0.3) is 0 Å². The van der Waals surface area contributed by atoms with Gasteiger partial charge < -0.3 is 9.55 Å². The highest BCUT2D eigenvalue weighted by atomic mass is 32.2. The maximum absolute atomic E-state index is 12.3. The molecule has 3 rings (SSSR count). The molecule has 0 aliphatic rings. The second-order valence-electron chi connectivity index (χ2n) is 5.09. The zero-order chi connectivity index (χ0) is 15.7. The van der Waals surface area contributed by atoms with Gasteiger partial charge in [-0.05, 0) is 32.0 Å². The van der Waals surface area contributed by atoms with Gasteiger partial charge in [0, 0.05) is 18.8 Å². The molecule has 0 aliphatic carbocycles. The van der Waals surface area contributed by atoms with Crippen molar-refractivity contribution in [2.75, 3.05) is 6.54 Å². The molecule has 0 radical (unpaired) electrons. The molecule has 3 aromatic rings. The van der Waals surface area contributed by atoms with Crippen molar-refractivity contribution in [2.24, 2.45) is 0 Å². The third-order valence-corrected chi connectivity index (χ3v) is 5.15. The molecule has 7 nitrogen and oxygen atoms in total. The van der Waals surface area contributed by atoms with Gasteiger partial charge in [-0.25, -0.2) is 23.1 Å². The summed E-state index contributed by atoms with van der Waals surface area (Å²) >= 11 is 0. The molecule has 0 fully saturated rings. The van der Waals surface area contributed by atoms with Gasteiger partial charge in [-0.3, -0.25) is 0 Å². The Morgan fingerprint density at radius 3 is 2.82 bits per heavy atom. The van der Waals surface area contributed by atoms with E-state index in [9.17, 15) is 8.42 Å². The smallest absolute Gasteiger partial charge is 0.240 e. The summed E-state index contributed by atoms with van der Waals surface area (Å²) in [4.78, 5) is 11.4. The normalized spacial score (nSPS) is 12.1. The number of benzene rings is 1. The molecule has 2 heterocycles. The minimum Gasteiger partial charge on any atom is -0.345 e. The van der Waals surface area contributed by atoms with Crippen molar-refractivity contribution in [1.29, 1.82) is 0 Å². The minimum absolute atomic E-state index is 0.225. The van der Waals surface area contributed by atoms with Crippen LogP contribution in [0.15, 0.2) is 35.7 Å². The van der Waals surface area contributed by atoms with Crippen molar-refractivity contribution >= 4 is 21.1 Å². The van der Waals surface area contributed by atoms with Crippen LogP contribution in [0.5, 0.6) is 0 Å². The van der Waals surface area contributed by atoms with Crippen LogP contribution in [-0.2, 0) is 16.6 Å². The molecule has 0 atom stereocenters. The number of aromatic amines is 1. The molecule has 0 aliphatic heterocycles. The summed E-state index contributed by atoms with van der Waals surface area (Å²) < 4.78 is 29.1. The van der Waals surface area contributed by atoms with Crippen molar-refractivity contribution in [2.45, 2.75) is 25.3 Å². The number of nitrogens with one attached hydrogen (secondary N) is 2. The molecule has 0 amide bonds. The lowest BCUT2D eigenvalue weighted by atomic mass is 10.3. The topological polar surface area (TPSA) is 92.7 Å². The molecule has 0 spiro atoms. The SMILES string of the molecule is Cc1ncn(CCNS(=O)(=O)c2ccc3nc[nH]c3c2)c1C. The van der Waals surface area contributed by atoms with Crippen molar-refractivity contribution in [3.05, 3.63) is 42.2 Å². The predicted molar refractivity (Wildman–Crippen MR) is 83.0 cm³/mol. The molecule has 22 heavy (non-hydrogen) atoms. The maximum atomic E-state index is 12.3. The number of fused-ring (bicyclic) bond motifs is 1. The Hall–Kier alpha value is -2.19. The number of imidazole rings is 2. The number of H-pyrrole nitrogens is 1. The van der Waals surface area contributed by atoms with E-state index >= 15 is 0 Å². The largest absolute Gasteiger partial charge is 0.345 e. The number of aryl methyl sites for hydroxylation is 1. The Balaban J connectivity index is 1.71. The number of aromatic nitrogens is 4. The van der Waals surface area contributed by atoms with Crippen molar-refractivity contribution < 1.29 is 8.42 Å². The summed E-state index contributed by atoms with van der Waals surface area (Å²) in [5, 5.41) is 0. The van der Waals surface area contributed by atoms with Crippen LogP contribution in [0.3, 0.4) is 0 Å². The Morgan fingerprint density at radius 2 is 2.09 bits per heavy atom. The summed E-state index contributed by atoms with van der Waals surface area (Å²) in [6, 6.07) is 4.82. The molecule has 0 saturated carbocycles. The molecule has 0 bridgehead atoms. The third-order valence-electron chi connectivity index (χ3n) is 3.69. The van der Waals surface area contributed by atoms with Crippen LogP contribution in [0.25, 0.3) is 11.0 Å². The van der Waals surface area contributed by atoms with Gasteiger partial charge in [0.15, 0.2) is 0 Å². The van der Waals surface area contributed by atoms with Crippen LogP contribution >= 0.6 is 0 Å². The van der Waals surface area contributed by atoms with Crippen LogP contribution in [-0.4, -0.2) is 34.5 Å². The standard InChI is InChI=1S/C14H17N5O2S/c1-10-11(2)19(9-17-10)6-5-18-22(20,21)12-3-4-13-14(7-12)16-8-15-13/h3-4,7-9,18H,5-6H2,1-2H3,(H,15,16). The molecule has 116 valence electrons. The molecule has 8 heteroatoms. The van der Waals surface area contributed by atoms with Gasteiger partial charge >= 0.3 is 0 Å². The first-order chi connectivity index (χ1) is 10.5. The van der Waals surface area contributed by atoms with Crippen LogP contribution in [0, 0.1) is 13.8 Å². The van der Waals surface area contributed by atoms with Crippen LogP contribution in [0.2, 0.25) is 0 Å². The lowest BCUT2D eigenvalue weighted by Crippen LogP contribution is -2.27. The van der Waals surface area contributed by atoms with Gasteiger partial charge in [0.1, 0.15) is 0 Å². The zero-order valence-electron chi connectivity index (χ0n) is 12.4. The number of rotatable bonds is 5. The molecular weight excluding hydrogens is 302 g/mol. The van der Waals surface area contributed by atoms with E-state index in [4.69, 9.17) is 0 Å². The third kappa shape index (κ3) is 2.75. The highest BCUT2D eigenvalue weighted by molar-refractivity contribution is 7.89. The average Bonchev–Trinajstić information content (AvgIpc) is 3.07. The Bertz CT molecular complexity index is 910. The monoisotopic (exact) mass is 319 g/mol. The second-order valence-corrected chi connectivity index (χ2v) is 6.86. The van der Waals surface area contributed by atoms with E-state index in [0.717, 1.165) is 16.9 Å². The van der Waals surface area contributed by atoms with Crippen LogP contribution in [0.1, 0.15) is 11.4 Å². The molecule has 1 aromatic carbocycles. The van der Waals surface area contributed by atoms with E-state index in [1.165, 1.54) is 0 Å². The van der Waals surface area contributed by atoms with E-state index in [2.05, 4.69) is 19.7 Å². The fraction of sp³-hybridized carbons (Fsp3) is 0.286. The fourth-order valence-electron chi connectivity index (χ4n) is 2.24. The van der Waals surface area contributed by atoms with Gasteiger partial charge in [-0.2, -0.15) is 0 Å². The van der Waals surface area contributed by atoms with Gasteiger partial charge in [0.05, 0.1) is 34.3 Å². The molecule has 2 N–H and O–H groups in total. The Morgan fingerprint density at radius 1 is 1.27 bits per heavy atom. The predicted octanol–water partition coefficient (Wildman–Crippen LogP) is 1.35. The first kappa shape index (κ1) is 14.7. The Labute approximate surface area is 128 Å². The number of hydrogen-bond donors (Lipinski definition) is 2. The van der Waals surface area contributed by atoms with Gasteiger partial charge in [-0.15, -0.1) is 0 Å². The lowest BCUT2D eigenvalue weighted by Gasteiger charge is -2.08. The van der Waals surface area contributed by atoms with Crippen molar-refractivity contribution in [3.63, 3.8) is 0 Å². The Kier molecular flexibility index (Phi) is 3.71. The maximum Gasteiger partial charge on any atom is 0.240 e. The summed E-state index contributed by atoms with van der Waals surface area (Å²) in [6.45, 7) is 4.73. The van der Waals surface area contributed by atoms with E-state index in [0.29, 0.717) is 18.6 Å². The lowest BCUT2D eigenvalue weighted by molar-refractivity contribution is 0.571. The molecular formula is C14H17N5O2S.